The molecular formula is C37H43N3O7. The van der Waals surface area contributed by atoms with Crippen molar-refractivity contribution < 1.29 is 33.8 Å². The summed E-state index contributed by atoms with van der Waals surface area (Å²) < 4.78 is 11.1. The van der Waals surface area contributed by atoms with Crippen LogP contribution in [0.25, 0.3) is 0 Å². The number of carbonyl (C=O) groups excluding carboxylic acids is 4. The maximum absolute atomic E-state index is 13.3. The second kappa shape index (κ2) is 20.0. The molecule has 0 aliphatic carbocycles. The monoisotopic (exact) mass is 641 g/mol. The predicted octanol–water partition coefficient (Wildman–Crippen LogP) is 4.56. The zero-order valence-electron chi connectivity index (χ0n) is 26.4. The molecule has 248 valence electrons. The number of alkyl carbamates (subject to hydrolysis) is 1. The number of carbonyl (C=O) groups is 4. The molecule has 3 aromatic carbocycles. The van der Waals surface area contributed by atoms with Crippen molar-refractivity contribution in [2.24, 2.45) is 5.92 Å². The van der Waals surface area contributed by atoms with Crippen molar-refractivity contribution >= 4 is 23.9 Å². The summed E-state index contributed by atoms with van der Waals surface area (Å²) in [5.74, 6) is -2.29. The highest BCUT2D eigenvalue weighted by atomic mass is 16.6. The zero-order chi connectivity index (χ0) is 33.9. The first-order chi connectivity index (χ1) is 22.8. The molecule has 0 radical (unpaired) electrons. The van der Waals surface area contributed by atoms with Gasteiger partial charge in [0.2, 0.25) is 11.8 Å². The molecule has 3 aromatic rings. The van der Waals surface area contributed by atoms with Crippen LogP contribution in [0.2, 0.25) is 0 Å². The average molecular weight is 642 g/mol. The highest BCUT2D eigenvalue weighted by Gasteiger charge is 2.28. The van der Waals surface area contributed by atoms with Crippen LogP contribution in [-0.4, -0.2) is 54.2 Å². The molecule has 3 amide bonds. The number of aliphatic hydroxyl groups is 1. The van der Waals surface area contributed by atoms with E-state index >= 15 is 0 Å². The first-order valence-corrected chi connectivity index (χ1v) is 15.5. The van der Waals surface area contributed by atoms with Crippen LogP contribution >= 0.6 is 0 Å². The lowest BCUT2D eigenvalue weighted by Gasteiger charge is -2.24. The molecule has 3 rings (SSSR count). The first-order valence-electron chi connectivity index (χ1n) is 15.5. The number of hydrogen-bond acceptors (Lipinski definition) is 7. The molecular weight excluding hydrogens is 598 g/mol. The van der Waals surface area contributed by atoms with Gasteiger partial charge < -0.3 is 30.5 Å². The van der Waals surface area contributed by atoms with Gasteiger partial charge in [-0.05, 0) is 36.0 Å². The van der Waals surface area contributed by atoms with E-state index in [1.807, 2.05) is 66.7 Å². The van der Waals surface area contributed by atoms with E-state index in [0.29, 0.717) is 12.0 Å². The van der Waals surface area contributed by atoms with Gasteiger partial charge in [0.05, 0.1) is 25.1 Å². The summed E-state index contributed by atoms with van der Waals surface area (Å²) in [6, 6.07) is 25.9. The van der Waals surface area contributed by atoms with Crippen molar-refractivity contribution in [3.63, 3.8) is 0 Å². The molecule has 0 heterocycles. The van der Waals surface area contributed by atoms with E-state index in [9.17, 15) is 24.3 Å². The Balaban J connectivity index is 1.61. The Bertz CT molecular complexity index is 1430. The number of amides is 3. The lowest BCUT2D eigenvalue weighted by Crippen LogP contribution is -2.44. The molecule has 0 bridgehead atoms. The van der Waals surface area contributed by atoms with E-state index in [1.165, 1.54) is 6.08 Å². The molecule has 0 spiro atoms. The fourth-order valence-electron chi connectivity index (χ4n) is 4.80. The van der Waals surface area contributed by atoms with Crippen molar-refractivity contribution in [2.75, 3.05) is 13.2 Å². The van der Waals surface area contributed by atoms with Crippen LogP contribution in [0, 0.1) is 5.92 Å². The highest BCUT2D eigenvalue weighted by molar-refractivity contribution is 5.86. The number of esters is 1. The van der Waals surface area contributed by atoms with Crippen LogP contribution in [0.3, 0.4) is 0 Å². The van der Waals surface area contributed by atoms with Crippen molar-refractivity contribution in [1.29, 1.82) is 0 Å². The van der Waals surface area contributed by atoms with Gasteiger partial charge in [0.1, 0.15) is 18.8 Å². The van der Waals surface area contributed by atoms with E-state index in [4.69, 9.17) is 9.47 Å². The summed E-state index contributed by atoms with van der Waals surface area (Å²) in [5, 5.41) is 18.0. The van der Waals surface area contributed by atoms with Gasteiger partial charge in [-0.2, -0.15) is 0 Å². The second-order valence-electron chi connectivity index (χ2n) is 10.9. The van der Waals surface area contributed by atoms with Crippen molar-refractivity contribution in [3.8, 4) is 0 Å². The number of aliphatic hydroxyl groups excluding tert-OH is 1. The Hall–Kier alpha value is -5.22. The quantitative estimate of drug-likeness (QED) is 0.111. The van der Waals surface area contributed by atoms with Gasteiger partial charge in [-0.15, -0.1) is 13.2 Å². The third-order valence-electron chi connectivity index (χ3n) is 7.25. The molecule has 0 saturated carbocycles. The number of nitrogens with one attached hydrogen (secondary N) is 3. The Kier molecular flexibility index (Phi) is 15.4. The molecule has 0 aliphatic rings. The molecule has 0 saturated heterocycles. The molecule has 47 heavy (non-hydrogen) atoms. The van der Waals surface area contributed by atoms with Gasteiger partial charge >= 0.3 is 12.1 Å². The molecule has 0 aromatic heterocycles. The van der Waals surface area contributed by atoms with Gasteiger partial charge in [-0.1, -0.05) is 103 Å². The SMILES string of the molecule is C=CCC(CC(=O)NC(CO)Cc1ccccc1)C(=O)NCC(OC(=O)C(CC=C)NC(=O)OCc1ccccc1)c1ccccc1. The lowest BCUT2D eigenvalue weighted by molar-refractivity contribution is -0.152. The molecule has 4 N–H and O–H groups in total. The summed E-state index contributed by atoms with van der Waals surface area (Å²) >= 11 is 0. The molecule has 4 atom stereocenters. The van der Waals surface area contributed by atoms with Crippen LogP contribution in [0.1, 0.15) is 42.1 Å². The number of rotatable bonds is 19. The van der Waals surface area contributed by atoms with Gasteiger partial charge in [-0.3, -0.25) is 9.59 Å². The van der Waals surface area contributed by atoms with Crippen molar-refractivity contribution in [2.45, 2.75) is 50.5 Å². The molecule has 4 unspecified atom stereocenters. The van der Waals surface area contributed by atoms with Crippen LogP contribution in [-0.2, 0) is 36.9 Å². The van der Waals surface area contributed by atoms with E-state index in [0.717, 1.165) is 11.1 Å². The first kappa shape index (κ1) is 36.3. The number of ether oxygens (including phenoxy) is 2. The molecule has 10 nitrogen and oxygen atoms in total. The van der Waals surface area contributed by atoms with E-state index in [1.54, 1.807) is 30.3 Å². The minimum Gasteiger partial charge on any atom is -0.454 e. The summed E-state index contributed by atoms with van der Waals surface area (Å²) in [7, 11) is 0. The van der Waals surface area contributed by atoms with Gasteiger partial charge in [0, 0.05) is 6.42 Å². The summed E-state index contributed by atoms with van der Waals surface area (Å²) in [6.07, 6.45) is 1.98. The van der Waals surface area contributed by atoms with E-state index < -0.39 is 42.1 Å². The van der Waals surface area contributed by atoms with Crippen molar-refractivity contribution in [1.82, 2.24) is 16.0 Å². The predicted molar refractivity (Wildman–Crippen MR) is 179 cm³/mol. The summed E-state index contributed by atoms with van der Waals surface area (Å²) in [5.41, 5.74) is 2.37. The third kappa shape index (κ3) is 13.0. The maximum atomic E-state index is 13.3. The Morgan fingerprint density at radius 1 is 0.787 bits per heavy atom. The molecule has 0 aliphatic heterocycles. The largest absolute Gasteiger partial charge is 0.454 e. The second-order valence-corrected chi connectivity index (χ2v) is 10.9. The smallest absolute Gasteiger partial charge is 0.408 e. The molecule has 0 fully saturated rings. The number of benzene rings is 3. The number of allylic oxidation sites excluding steroid dienone is 1. The third-order valence-corrected chi connectivity index (χ3v) is 7.25. The fourth-order valence-corrected chi connectivity index (χ4v) is 4.80. The molecule has 10 heteroatoms. The maximum Gasteiger partial charge on any atom is 0.408 e. The minimum absolute atomic E-state index is 0.0266. The highest BCUT2D eigenvalue weighted by Crippen LogP contribution is 2.19. The standard InChI is InChI=1S/C37H43N3O7/c1-3-14-30(23-34(42)39-31(25-41)22-27-16-8-5-9-17-27)35(43)38-24-33(29-20-12-7-13-21-29)47-36(44)32(15-4-2)40-37(45)46-26-28-18-10-6-11-19-28/h3-13,16-21,30-33,41H,1-2,14-15,22-26H2,(H,38,43)(H,39,42)(H,40,45). The summed E-state index contributed by atoms with van der Waals surface area (Å²) in [6.45, 7) is 7.08. The Morgan fingerprint density at radius 3 is 1.98 bits per heavy atom. The zero-order valence-corrected chi connectivity index (χ0v) is 26.4. The Morgan fingerprint density at radius 2 is 1.38 bits per heavy atom. The topological polar surface area (TPSA) is 143 Å². The lowest BCUT2D eigenvalue weighted by atomic mass is 9.98. The van der Waals surface area contributed by atoms with Crippen LogP contribution in [0.5, 0.6) is 0 Å². The van der Waals surface area contributed by atoms with E-state index in [-0.39, 0.29) is 44.9 Å². The fraction of sp³-hybridized carbons (Fsp3) is 0.297. The van der Waals surface area contributed by atoms with Crippen molar-refractivity contribution in [3.05, 3.63) is 133 Å². The van der Waals surface area contributed by atoms with Crippen LogP contribution in [0.15, 0.2) is 116 Å². The van der Waals surface area contributed by atoms with Crippen LogP contribution in [0.4, 0.5) is 4.79 Å². The van der Waals surface area contributed by atoms with Gasteiger partial charge in [0.15, 0.2) is 0 Å². The van der Waals surface area contributed by atoms with Crippen LogP contribution < -0.4 is 16.0 Å². The Labute approximate surface area is 275 Å². The normalized spacial score (nSPS) is 13.1. The number of hydrogen-bond donors (Lipinski definition) is 4. The average Bonchev–Trinajstić information content (AvgIpc) is 3.09. The van der Waals surface area contributed by atoms with E-state index in [2.05, 4.69) is 29.1 Å². The minimum atomic E-state index is -1.08. The summed E-state index contributed by atoms with van der Waals surface area (Å²) in [4.78, 5) is 51.9. The van der Waals surface area contributed by atoms with Gasteiger partial charge in [0.25, 0.3) is 0 Å². The van der Waals surface area contributed by atoms with Gasteiger partial charge in [-0.25, -0.2) is 9.59 Å².